The van der Waals surface area contributed by atoms with Crippen LogP contribution in [-0.2, 0) is 6.42 Å². The fraction of sp³-hybridized carbons (Fsp3) is 0.286. The van der Waals surface area contributed by atoms with E-state index in [1.807, 2.05) is 32.0 Å². The third-order valence-corrected chi connectivity index (χ3v) is 3.47. The number of anilines is 3. The standard InChI is InChI=1S/C14H18BrN5O/c1-4-12-18-13(8(2)14(19-12)20-16)17-10-5-9(15)6-11(7-10)21-3/h5-7H,4,16H2,1-3H3,(H2,17,18,19,20). The maximum atomic E-state index is 5.51. The quantitative estimate of drug-likeness (QED) is 0.566. The monoisotopic (exact) mass is 351 g/mol. The number of rotatable bonds is 5. The average molecular weight is 352 g/mol. The zero-order chi connectivity index (χ0) is 15.4. The minimum atomic E-state index is 0.617. The molecule has 0 unspecified atom stereocenters. The summed E-state index contributed by atoms with van der Waals surface area (Å²) in [6.07, 6.45) is 0.728. The number of hydrazine groups is 1. The molecule has 1 heterocycles. The molecule has 0 spiro atoms. The molecule has 2 aromatic rings. The molecule has 0 fully saturated rings. The van der Waals surface area contributed by atoms with E-state index in [1.165, 1.54) is 0 Å². The van der Waals surface area contributed by atoms with Crippen molar-refractivity contribution in [1.82, 2.24) is 9.97 Å². The van der Waals surface area contributed by atoms with Crippen LogP contribution in [0.25, 0.3) is 0 Å². The SMILES string of the molecule is CCc1nc(NN)c(C)c(Nc2cc(Br)cc(OC)c2)n1. The number of methoxy groups -OCH3 is 1. The van der Waals surface area contributed by atoms with Gasteiger partial charge in [0.15, 0.2) is 0 Å². The van der Waals surface area contributed by atoms with Crippen LogP contribution in [0.4, 0.5) is 17.3 Å². The molecule has 1 aromatic carbocycles. The van der Waals surface area contributed by atoms with Gasteiger partial charge in [0, 0.05) is 28.2 Å². The first kappa shape index (κ1) is 15.5. The van der Waals surface area contributed by atoms with E-state index in [1.54, 1.807) is 7.11 Å². The first-order valence-electron chi connectivity index (χ1n) is 6.53. The highest BCUT2D eigenvalue weighted by Gasteiger charge is 2.10. The van der Waals surface area contributed by atoms with Crippen LogP contribution in [0.2, 0.25) is 0 Å². The lowest BCUT2D eigenvalue weighted by atomic mass is 10.2. The van der Waals surface area contributed by atoms with E-state index in [-0.39, 0.29) is 0 Å². The van der Waals surface area contributed by atoms with Crippen molar-refractivity contribution in [3.05, 3.63) is 34.1 Å². The number of nitrogens with one attached hydrogen (secondary N) is 2. The molecular formula is C14H18BrN5O. The van der Waals surface area contributed by atoms with Crippen molar-refractivity contribution in [2.45, 2.75) is 20.3 Å². The number of nitrogens with zero attached hydrogens (tertiary/aromatic N) is 2. The van der Waals surface area contributed by atoms with Crippen LogP contribution in [-0.4, -0.2) is 17.1 Å². The van der Waals surface area contributed by atoms with Crippen molar-refractivity contribution in [3.63, 3.8) is 0 Å². The van der Waals surface area contributed by atoms with Crippen LogP contribution >= 0.6 is 15.9 Å². The van der Waals surface area contributed by atoms with Gasteiger partial charge in [0.25, 0.3) is 0 Å². The summed E-state index contributed by atoms with van der Waals surface area (Å²) in [6, 6.07) is 5.74. The second kappa shape index (κ2) is 6.73. The van der Waals surface area contributed by atoms with Crippen molar-refractivity contribution in [2.75, 3.05) is 17.9 Å². The Morgan fingerprint density at radius 3 is 2.57 bits per heavy atom. The third-order valence-electron chi connectivity index (χ3n) is 3.01. The van der Waals surface area contributed by atoms with Gasteiger partial charge in [-0.15, -0.1) is 0 Å². The molecule has 0 saturated heterocycles. The highest BCUT2D eigenvalue weighted by atomic mass is 79.9. The molecule has 0 amide bonds. The van der Waals surface area contributed by atoms with Crippen molar-refractivity contribution < 1.29 is 4.74 Å². The lowest BCUT2D eigenvalue weighted by Gasteiger charge is -2.14. The predicted molar refractivity (Wildman–Crippen MR) is 87.9 cm³/mol. The van der Waals surface area contributed by atoms with E-state index in [4.69, 9.17) is 10.6 Å². The van der Waals surface area contributed by atoms with E-state index < -0.39 is 0 Å². The molecule has 0 aliphatic heterocycles. The van der Waals surface area contributed by atoms with Gasteiger partial charge in [-0.1, -0.05) is 22.9 Å². The molecule has 0 aliphatic carbocycles. The summed E-state index contributed by atoms with van der Waals surface area (Å²) in [6.45, 7) is 3.91. The van der Waals surface area contributed by atoms with Crippen LogP contribution in [0.1, 0.15) is 18.3 Å². The van der Waals surface area contributed by atoms with Crippen LogP contribution in [0, 0.1) is 6.92 Å². The molecule has 6 nitrogen and oxygen atoms in total. The lowest BCUT2D eigenvalue weighted by molar-refractivity contribution is 0.415. The molecule has 0 bridgehead atoms. The first-order chi connectivity index (χ1) is 10.1. The molecule has 0 saturated carbocycles. The minimum Gasteiger partial charge on any atom is -0.497 e. The van der Waals surface area contributed by atoms with E-state index in [0.29, 0.717) is 5.82 Å². The fourth-order valence-corrected chi connectivity index (χ4v) is 2.35. The summed E-state index contributed by atoms with van der Waals surface area (Å²) < 4.78 is 6.18. The topological polar surface area (TPSA) is 85.1 Å². The Morgan fingerprint density at radius 2 is 1.95 bits per heavy atom. The molecule has 1 aromatic heterocycles. The Labute approximate surface area is 132 Å². The number of aromatic nitrogens is 2. The Bertz CT molecular complexity index is 648. The van der Waals surface area contributed by atoms with Gasteiger partial charge in [-0.3, -0.25) is 0 Å². The summed E-state index contributed by atoms with van der Waals surface area (Å²) in [5.41, 5.74) is 4.33. The average Bonchev–Trinajstić information content (AvgIpc) is 2.48. The molecule has 4 N–H and O–H groups in total. The predicted octanol–water partition coefficient (Wildman–Crippen LogP) is 3.15. The Morgan fingerprint density at radius 1 is 1.24 bits per heavy atom. The molecule has 112 valence electrons. The molecule has 0 aliphatic rings. The second-order valence-corrected chi connectivity index (χ2v) is 5.38. The van der Waals surface area contributed by atoms with E-state index in [9.17, 15) is 0 Å². The Kier molecular flexibility index (Phi) is 4.98. The van der Waals surface area contributed by atoms with Gasteiger partial charge in [0.05, 0.1) is 7.11 Å². The minimum absolute atomic E-state index is 0.617. The van der Waals surface area contributed by atoms with Gasteiger partial charge < -0.3 is 15.5 Å². The smallest absolute Gasteiger partial charge is 0.148 e. The van der Waals surface area contributed by atoms with Crippen LogP contribution < -0.4 is 21.3 Å². The molecule has 21 heavy (non-hydrogen) atoms. The van der Waals surface area contributed by atoms with E-state index >= 15 is 0 Å². The summed E-state index contributed by atoms with van der Waals surface area (Å²) in [7, 11) is 1.63. The van der Waals surface area contributed by atoms with Crippen LogP contribution in [0.3, 0.4) is 0 Å². The molecular weight excluding hydrogens is 334 g/mol. The molecule has 7 heteroatoms. The van der Waals surface area contributed by atoms with Crippen LogP contribution in [0.15, 0.2) is 22.7 Å². The van der Waals surface area contributed by atoms with Gasteiger partial charge in [-0.25, -0.2) is 15.8 Å². The summed E-state index contributed by atoms with van der Waals surface area (Å²) in [4.78, 5) is 8.85. The van der Waals surface area contributed by atoms with Crippen molar-refractivity contribution in [3.8, 4) is 5.75 Å². The van der Waals surface area contributed by atoms with Crippen LogP contribution in [0.5, 0.6) is 5.75 Å². The lowest BCUT2D eigenvalue weighted by Crippen LogP contribution is -2.13. The highest BCUT2D eigenvalue weighted by Crippen LogP contribution is 2.28. The number of hydrogen-bond donors (Lipinski definition) is 3. The normalized spacial score (nSPS) is 10.3. The summed E-state index contributed by atoms with van der Waals surface area (Å²) in [5.74, 6) is 8.32. The molecule has 2 rings (SSSR count). The van der Waals surface area contributed by atoms with Gasteiger partial charge in [-0.2, -0.15) is 0 Å². The van der Waals surface area contributed by atoms with E-state index in [0.717, 1.165) is 39.5 Å². The van der Waals surface area contributed by atoms with Gasteiger partial charge in [0.2, 0.25) is 0 Å². The number of aryl methyl sites for hydroxylation is 1. The number of halogens is 1. The van der Waals surface area contributed by atoms with Gasteiger partial charge in [-0.05, 0) is 19.1 Å². The number of nitrogens with two attached hydrogens (primary N) is 1. The number of ether oxygens (including phenoxy) is 1. The summed E-state index contributed by atoms with van der Waals surface area (Å²) in [5, 5.41) is 3.28. The largest absolute Gasteiger partial charge is 0.497 e. The van der Waals surface area contributed by atoms with Crippen molar-refractivity contribution in [1.29, 1.82) is 0 Å². The van der Waals surface area contributed by atoms with Gasteiger partial charge >= 0.3 is 0 Å². The van der Waals surface area contributed by atoms with Crippen molar-refractivity contribution in [2.24, 2.45) is 5.84 Å². The number of benzene rings is 1. The van der Waals surface area contributed by atoms with E-state index in [2.05, 4.69) is 36.6 Å². The number of nitrogen functional groups attached to an aromatic ring is 1. The van der Waals surface area contributed by atoms with Crippen molar-refractivity contribution >= 4 is 33.3 Å². The number of hydrogen-bond acceptors (Lipinski definition) is 6. The maximum Gasteiger partial charge on any atom is 0.148 e. The molecule has 0 atom stereocenters. The Hall–Kier alpha value is -1.86. The zero-order valence-electron chi connectivity index (χ0n) is 12.2. The maximum absolute atomic E-state index is 5.51. The third kappa shape index (κ3) is 3.62. The second-order valence-electron chi connectivity index (χ2n) is 4.46. The fourth-order valence-electron chi connectivity index (χ4n) is 1.87. The Balaban J connectivity index is 2.41. The summed E-state index contributed by atoms with van der Waals surface area (Å²) >= 11 is 3.46. The first-order valence-corrected chi connectivity index (χ1v) is 7.32. The zero-order valence-corrected chi connectivity index (χ0v) is 13.8. The highest BCUT2D eigenvalue weighted by molar-refractivity contribution is 9.10. The van der Waals surface area contributed by atoms with Gasteiger partial charge in [0.1, 0.15) is 23.2 Å². The molecule has 0 radical (unpaired) electrons.